The van der Waals surface area contributed by atoms with E-state index in [4.69, 9.17) is 29.6 Å². The van der Waals surface area contributed by atoms with Gasteiger partial charge in [-0.3, -0.25) is 0 Å². The highest BCUT2D eigenvalue weighted by Crippen LogP contribution is 2.32. The summed E-state index contributed by atoms with van der Waals surface area (Å²) in [5.41, 5.74) is 8.42. The van der Waals surface area contributed by atoms with Crippen molar-refractivity contribution in [3.8, 4) is 0 Å². The Balaban J connectivity index is 1.83. The van der Waals surface area contributed by atoms with E-state index in [1.165, 1.54) is 17.0 Å². The minimum Gasteiger partial charge on any atom is -0.389 e. The van der Waals surface area contributed by atoms with Gasteiger partial charge in [0.25, 0.3) is 0 Å². The molecule has 0 bridgehead atoms. The molecule has 0 aliphatic heterocycles. The second-order valence-corrected chi connectivity index (χ2v) is 6.36. The summed E-state index contributed by atoms with van der Waals surface area (Å²) in [4.78, 5) is 6.29. The van der Waals surface area contributed by atoms with Crippen LogP contribution in [0.4, 0.5) is 10.8 Å². The van der Waals surface area contributed by atoms with Crippen molar-refractivity contribution in [3.63, 3.8) is 0 Å². The van der Waals surface area contributed by atoms with Gasteiger partial charge in [-0.15, -0.1) is 11.3 Å². The van der Waals surface area contributed by atoms with Crippen LogP contribution < -0.4 is 11.1 Å². The molecule has 0 saturated heterocycles. The van der Waals surface area contributed by atoms with Crippen molar-refractivity contribution in [1.29, 1.82) is 0 Å². The first-order chi connectivity index (χ1) is 9.13. The molecule has 1 heterocycles. The van der Waals surface area contributed by atoms with Crippen LogP contribution in [-0.4, -0.2) is 9.97 Å². The lowest BCUT2D eigenvalue weighted by Crippen LogP contribution is -2.09. The summed E-state index contributed by atoms with van der Waals surface area (Å²) < 4.78 is 0. The zero-order valence-electron chi connectivity index (χ0n) is 10.1. The average molecular weight is 310 g/mol. The molecular weight excluding hydrogens is 298 g/mol. The Morgan fingerprint density at radius 3 is 2.95 bits per heavy atom. The molecule has 6 heteroatoms. The van der Waals surface area contributed by atoms with Gasteiger partial charge in [0.15, 0.2) is 5.13 Å². The van der Waals surface area contributed by atoms with Crippen molar-refractivity contribution < 1.29 is 0 Å². The summed E-state index contributed by atoms with van der Waals surface area (Å²) in [6, 6.07) is 5.56. The molecule has 0 unspecified atom stereocenters. The summed E-state index contributed by atoms with van der Waals surface area (Å²) in [7, 11) is 0. The molecular formula is C13H12ClN3S2. The van der Waals surface area contributed by atoms with Crippen molar-refractivity contribution in [3.05, 3.63) is 39.4 Å². The molecule has 3 nitrogen and oxygen atoms in total. The fourth-order valence-electron chi connectivity index (χ4n) is 2.16. The van der Waals surface area contributed by atoms with E-state index in [-0.39, 0.29) is 0 Å². The minimum absolute atomic E-state index is 0.310. The van der Waals surface area contributed by atoms with Crippen LogP contribution in [0, 0.1) is 0 Å². The molecule has 0 saturated carbocycles. The summed E-state index contributed by atoms with van der Waals surface area (Å²) >= 11 is 12.8. The predicted molar refractivity (Wildman–Crippen MR) is 84.8 cm³/mol. The van der Waals surface area contributed by atoms with Gasteiger partial charge in [-0.05, 0) is 37.5 Å². The van der Waals surface area contributed by atoms with E-state index >= 15 is 0 Å². The number of aromatic nitrogens is 1. The van der Waals surface area contributed by atoms with Crippen molar-refractivity contribution >= 4 is 51.0 Å². The number of benzene rings is 1. The molecule has 1 aliphatic carbocycles. The molecule has 0 fully saturated rings. The number of rotatable bonds is 3. The molecule has 98 valence electrons. The maximum Gasteiger partial charge on any atom is 0.187 e. The Hall–Kier alpha value is -1.17. The topological polar surface area (TPSA) is 50.9 Å². The van der Waals surface area contributed by atoms with Crippen molar-refractivity contribution in [2.45, 2.75) is 19.3 Å². The highest BCUT2D eigenvalue weighted by molar-refractivity contribution is 7.80. The third-order valence-corrected chi connectivity index (χ3v) is 4.69. The molecule has 1 aliphatic rings. The zero-order chi connectivity index (χ0) is 13.4. The van der Waals surface area contributed by atoms with Crippen LogP contribution in [0.25, 0.3) is 0 Å². The number of thiocarbonyl (C=S) groups is 1. The first-order valence-electron chi connectivity index (χ1n) is 5.98. The van der Waals surface area contributed by atoms with Gasteiger partial charge in [0.05, 0.1) is 10.7 Å². The normalized spacial score (nSPS) is 13.3. The van der Waals surface area contributed by atoms with Crippen LogP contribution in [0.3, 0.4) is 0 Å². The van der Waals surface area contributed by atoms with E-state index in [0.717, 1.165) is 23.7 Å². The lowest BCUT2D eigenvalue weighted by atomic mass is 10.2. The van der Waals surface area contributed by atoms with Crippen LogP contribution >= 0.6 is 35.2 Å². The highest BCUT2D eigenvalue weighted by Gasteiger charge is 2.16. The highest BCUT2D eigenvalue weighted by atomic mass is 35.5. The Labute approximate surface area is 125 Å². The number of anilines is 2. The second-order valence-electron chi connectivity index (χ2n) is 4.43. The largest absolute Gasteiger partial charge is 0.389 e. The molecule has 1 aromatic heterocycles. The van der Waals surface area contributed by atoms with E-state index in [2.05, 4.69) is 10.3 Å². The number of nitrogens with zero attached hydrogens (tertiary/aromatic N) is 1. The number of thiazole rings is 1. The number of fused-ring (bicyclic) bond motifs is 1. The molecule has 1 aromatic carbocycles. The standard InChI is InChI=1S/C13H12ClN3S2/c14-9-6-7(4-5-8(9)12(15)18)16-13-17-10-2-1-3-11(10)19-13/h4-6H,1-3H2,(H2,15,18)(H,16,17). The Bertz CT molecular complexity index is 630. The van der Waals surface area contributed by atoms with E-state index in [1.807, 2.05) is 18.2 Å². The number of aryl methyl sites for hydroxylation is 2. The average Bonchev–Trinajstić information content (AvgIpc) is 2.89. The Morgan fingerprint density at radius 1 is 1.42 bits per heavy atom. The lowest BCUT2D eigenvalue weighted by molar-refractivity contribution is 0.900. The van der Waals surface area contributed by atoms with Gasteiger partial charge in [0.2, 0.25) is 0 Å². The van der Waals surface area contributed by atoms with Gasteiger partial charge in [-0.25, -0.2) is 4.98 Å². The van der Waals surface area contributed by atoms with Gasteiger partial charge >= 0.3 is 0 Å². The first kappa shape index (κ1) is 12.8. The summed E-state index contributed by atoms with van der Waals surface area (Å²) in [5.74, 6) is 0. The van der Waals surface area contributed by atoms with Gasteiger partial charge in [0.1, 0.15) is 4.99 Å². The summed E-state index contributed by atoms with van der Waals surface area (Å²) in [6.45, 7) is 0. The smallest absolute Gasteiger partial charge is 0.187 e. The molecule has 19 heavy (non-hydrogen) atoms. The molecule has 2 aromatic rings. The number of hydrogen-bond donors (Lipinski definition) is 2. The SMILES string of the molecule is NC(=S)c1ccc(Nc2nc3c(s2)CCC3)cc1Cl. The lowest BCUT2D eigenvalue weighted by Gasteiger charge is -2.06. The Morgan fingerprint density at radius 2 is 2.26 bits per heavy atom. The van der Waals surface area contributed by atoms with Crippen LogP contribution in [0.5, 0.6) is 0 Å². The molecule has 3 rings (SSSR count). The summed E-state index contributed by atoms with van der Waals surface area (Å²) in [5, 5.41) is 4.76. The van der Waals surface area contributed by atoms with Crippen LogP contribution in [0.15, 0.2) is 18.2 Å². The molecule has 0 radical (unpaired) electrons. The summed E-state index contributed by atoms with van der Waals surface area (Å²) in [6.07, 6.45) is 3.47. The first-order valence-corrected chi connectivity index (χ1v) is 7.59. The number of halogens is 1. The van der Waals surface area contributed by atoms with E-state index in [0.29, 0.717) is 15.6 Å². The third-order valence-electron chi connectivity index (χ3n) is 3.08. The van der Waals surface area contributed by atoms with Crippen molar-refractivity contribution in [2.24, 2.45) is 5.73 Å². The number of nitrogens with one attached hydrogen (secondary N) is 1. The molecule has 0 spiro atoms. The van der Waals surface area contributed by atoms with Crippen LogP contribution in [0.2, 0.25) is 5.02 Å². The van der Waals surface area contributed by atoms with Crippen LogP contribution in [-0.2, 0) is 12.8 Å². The van der Waals surface area contributed by atoms with Gasteiger partial charge in [-0.1, -0.05) is 23.8 Å². The van der Waals surface area contributed by atoms with Crippen molar-refractivity contribution in [2.75, 3.05) is 5.32 Å². The van der Waals surface area contributed by atoms with E-state index in [1.54, 1.807) is 11.3 Å². The molecule has 0 atom stereocenters. The second kappa shape index (κ2) is 5.07. The fourth-order valence-corrected chi connectivity index (χ4v) is 3.75. The van der Waals surface area contributed by atoms with Crippen molar-refractivity contribution in [1.82, 2.24) is 4.98 Å². The van der Waals surface area contributed by atoms with Gasteiger partial charge in [-0.2, -0.15) is 0 Å². The van der Waals surface area contributed by atoms with E-state index in [9.17, 15) is 0 Å². The maximum atomic E-state index is 6.14. The third kappa shape index (κ3) is 2.59. The maximum absolute atomic E-state index is 6.14. The van der Waals surface area contributed by atoms with Gasteiger partial charge in [0, 0.05) is 16.1 Å². The number of hydrogen-bond acceptors (Lipinski definition) is 4. The quantitative estimate of drug-likeness (QED) is 0.850. The monoisotopic (exact) mass is 309 g/mol. The Kier molecular flexibility index (Phi) is 3.43. The van der Waals surface area contributed by atoms with Crippen LogP contribution in [0.1, 0.15) is 22.6 Å². The van der Waals surface area contributed by atoms with Gasteiger partial charge < -0.3 is 11.1 Å². The fraction of sp³-hybridized carbons (Fsp3) is 0.231. The van der Waals surface area contributed by atoms with E-state index < -0.39 is 0 Å². The predicted octanol–water partition coefficient (Wildman–Crippen LogP) is 3.66. The molecule has 0 amide bonds. The molecule has 3 N–H and O–H groups in total. The minimum atomic E-state index is 0.310. The zero-order valence-corrected chi connectivity index (χ0v) is 12.5. The number of nitrogens with two attached hydrogens (primary N) is 1.